The third-order valence-corrected chi connectivity index (χ3v) is 3.69. The molecule has 0 aliphatic heterocycles. The van der Waals surface area contributed by atoms with E-state index < -0.39 is 0 Å². The number of nitrogens with zero attached hydrogens (tertiary/aromatic N) is 3. The molecular weight excluding hydrogens is 286 g/mol. The second-order valence-corrected chi connectivity index (χ2v) is 5.52. The van der Waals surface area contributed by atoms with Gasteiger partial charge in [-0.05, 0) is 41.3 Å². The molecule has 0 unspecified atom stereocenters. The summed E-state index contributed by atoms with van der Waals surface area (Å²) in [5, 5.41) is 4.15. The van der Waals surface area contributed by atoms with Crippen LogP contribution in [0, 0.1) is 0 Å². The Hall–Kier alpha value is -2.62. The Balaban J connectivity index is 1.71. The van der Waals surface area contributed by atoms with Gasteiger partial charge in [0.1, 0.15) is 18.4 Å². The minimum atomic E-state index is 0.728. The van der Waals surface area contributed by atoms with Gasteiger partial charge < -0.3 is 4.74 Å². The zero-order chi connectivity index (χ0) is 15.9. The average molecular weight is 307 g/mol. The molecule has 0 N–H and O–H groups in total. The van der Waals surface area contributed by atoms with E-state index in [0.29, 0.717) is 0 Å². The summed E-state index contributed by atoms with van der Waals surface area (Å²) in [6.45, 7) is 3.67. The Labute approximate surface area is 136 Å². The molecule has 0 atom stereocenters. The monoisotopic (exact) mass is 307 g/mol. The van der Waals surface area contributed by atoms with Crippen LogP contribution >= 0.6 is 0 Å². The van der Waals surface area contributed by atoms with Crippen LogP contribution in [0.3, 0.4) is 0 Å². The summed E-state index contributed by atoms with van der Waals surface area (Å²) >= 11 is 0. The van der Waals surface area contributed by atoms with Gasteiger partial charge in [-0.3, -0.25) is 0 Å². The van der Waals surface area contributed by atoms with Crippen molar-refractivity contribution in [2.75, 3.05) is 6.61 Å². The molecule has 1 aromatic heterocycles. The summed E-state index contributed by atoms with van der Waals surface area (Å²) in [5.41, 5.74) is 3.59. The summed E-state index contributed by atoms with van der Waals surface area (Å²) < 4.78 is 7.54. The maximum absolute atomic E-state index is 5.71. The van der Waals surface area contributed by atoms with E-state index in [1.807, 2.05) is 16.8 Å². The van der Waals surface area contributed by atoms with Gasteiger partial charge in [0.15, 0.2) is 0 Å². The number of unbranched alkanes of at least 4 members (excludes halogenated alkanes) is 1. The normalized spacial score (nSPS) is 10.7. The smallest absolute Gasteiger partial charge is 0.137 e. The first-order valence-electron chi connectivity index (χ1n) is 8.00. The lowest BCUT2D eigenvalue weighted by Gasteiger charge is -2.08. The summed E-state index contributed by atoms with van der Waals surface area (Å²) in [6.07, 6.45) is 5.53. The van der Waals surface area contributed by atoms with E-state index in [-0.39, 0.29) is 0 Å². The standard InChI is InChI=1S/C19H21N3O/c1-2-3-11-23-19-9-7-17(8-10-19)18-6-4-5-16(12-18)13-22-15-20-14-21-22/h4-10,12,14-15H,2-3,11,13H2,1H3. The van der Waals surface area contributed by atoms with Gasteiger partial charge in [-0.15, -0.1) is 0 Å². The Morgan fingerprint density at radius 3 is 2.65 bits per heavy atom. The van der Waals surface area contributed by atoms with Crippen molar-refractivity contribution >= 4 is 0 Å². The first-order valence-corrected chi connectivity index (χ1v) is 8.00. The molecule has 0 saturated carbocycles. The number of hydrogen-bond acceptors (Lipinski definition) is 3. The lowest BCUT2D eigenvalue weighted by molar-refractivity contribution is 0.309. The van der Waals surface area contributed by atoms with Crippen LogP contribution in [0.4, 0.5) is 0 Å². The number of aromatic nitrogens is 3. The summed E-state index contributed by atoms with van der Waals surface area (Å²) in [5.74, 6) is 0.931. The summed E-state index contributed by atoms with van der Waals surface area (Å²) in [6, 6.07) is 16.8. The molecule has 1 heterocycles. The third-order valence-electron chi connectivity index (χ3n) is 3.69. The molecule has 0 fully saturated rings. The zero-order valence-electron chi connectivity index (χ0n) is 13.4. The van der Waals surface area contributed by atoms with Crippen LogP contribution < -0.4 is 4.74 Å². The van der Waals surface area contributed by atoms with Crippen molar-refractivity contribution in [3.05, 3.63) is 66.7 Å². The van der Waals surface area contributed by atoms with Crippen LogP contribution in [-0.4, -0.2) is 21.4 Å². The van der Waals surface area contributed by atoms with Gasteiger partial charge in [0, 0.05) is 0 Å². The van der Waals surface area contributed by atoms with Gasteiger partial charge in [-0.2, -0.15) is 5.10 Å². The van der Waals surface area contributed by atoms with Crippen LogP contribution in [-0.2, 0) is 6.54 Å². The lowest BCUT2D eigenvalue weighted by Crippen LogP contribution is -1.99. The van der Waals surface area contributed by atoms with Crippen molar-refractivity contribution in [1.82, 2.24) is 14.8 Å². The van der Waals surface area contributed by atoms with Gasteiger partial charge in [-0.25, -0.2) is 9.67 Å². The van der Waals surface area contributed by atoms with E-state index in [9.17, 15) is 0 Å². The first kappa shape index (κ1) is 15.3. The molecule has 2 aromatic carbocycles. The predicted octanol–water partition coefficient (Wildman–Crippen LogP) is 4.17. The Kier molecular flexibility index (Phi) is 5.04. The van der Waals surface area contributed by atoms with Gasteiger partial charge >= 0.3 is 0 Å². The highest BCUT2D eigenvalue weighted by molar-refractivity contribution is 5.64. The van der Waals surface area contributed by atoms with Crippen LogP contribution in [0.5, 0.6) is 5.75 Å². The molecule has 0 saturated heterocycles. The molecule has 4 heteroatoms. The van der Waals surface area contributed by atoms with Crippen molar-refractivity contribution < 1.29 is 4.74 Å². The van der Waals surface area contributed by atoms with Crippen LogP contribution in [0.2, 0.25) is 0 Å². The Morgan fingerprint density at radius 1 is 1.04 bits per heavy atom. The minimum absolute atomic E-state index is 0.728. The fourth-order valence-corrected chi connectivity index (χ4v) is 2.43. The topological polar surface area (TPSA) is 39.9 Å². The Morgan fingerprint density at radius 2 is 1.91 bits per heavy atom. The second kappa shape index (κ2) is 7.58. The quantitative estimate of drug-likeness (QED) is 0.615. The molecule has 0 amide bonds. The molecule has 23 heavy (non-hydrogen) atoms. The van der Waals surface area contributed by atoms with E-state index in [0.717, 1.165) is 31.7 Å². The molecule has 0 bridgehead atoms. The van der Waals surface area contributed by atoms with Crippen LogP contribution in [0.15, 0.2) is 61.2 Å². The van der Waals surface area contributed by atoms with Crippen LogP contribution in [0.1, 0.15) is 25.3 Å². The first-order chi connectivity index (χ1) is 11.3. The van der Waals surface area contributed by atoms with Gasteiger partial charge in [0.05, 0.1) is 13.2 Å². The van der Waals surface area contributed by atoms with Crippen molar-refractivity contribution in [3.8, 4) is 16.9 Å². The highest BCUT2D eigenvalue weighted by atomic mass is 16.5. The number of rotatable bonds is 7. The fourth-order valence-electron chi connectivity index (χ4n) is 2.43. The van der Waals surface area contributed by atoms with E-state index in [1.165, 1.54) is 16.7 Å². The molecule has 3 rings (SSSR count). The fraction of sp³-hybridized carbons (Fsp3) is 0.263. The summed E-state index contributed by atoms with van der Waals surface area (Å²) in [4.78, 5) is 3.98. The second-order valence-electron chi connectivity index (χ2n) is 5.52. The molecule has 118 valence electrons. The Bertz CT molecular complexity index is 721. The maximum atomic E-state index is 5.71. The van der Waals surface area contributed by atoms with Crippen molar-refractivity contribution in [2.24, 2.45) is 0 Å². The zero-order valence-corrected chi connectivity index (χ0v) is 13.4. The molecular formula is C19H21N3O. The molecule has 3 aromatic rings. The lowest BCUT2D eigenvalue weighted by atomic mass is 10.0. The molecule has 0 aliphatic rings. The SMILES string of the molecule is CCCCOc1ccc(-c2cccc(Cn3cncn3)c2)cc1. The molecule has 0 spiro atoms. The van der Waals surface area contributed by atoms with E-state index >= 15 is 0 Å². The van der Waals surface area contributed by atoms with Crippen molar-refractivity contribution in [2.45, 2.75) is 26.3 Å². The molecule has 0 radical (unpaired) electrons. The largest absolute Gasteiger partial charge is 0.494 e. The van der Waals surface area contributed by atoms with E-state index in [2.05, 4.69) is 53.4 Å². The number of benzene rings is 2. The summed E-state index contributed by atoms with van der Waals surface area (Å²) in [7, 11) is 0. The van der Waals surface area contributed by atoms with Gasteiger partial charge in [0.25, 0.3) is 0 Å². The predicted molar refractivity (Wildman–Crippen MR) is 91.4 cm³/mol. The van der Waals surface area contributed by atoms with E-state index in [1.54, 1.807) is 12.7 Å². The highest BCUT2D eigenvalue weighted by Crippen LogP contribution is 2.23. The maximum Gasteiger partial charge on any atom is 0.137 e. The average Bonchev–Trinajstić information content (AvgIpc) is 3.09. The number of ether oxygens (including phenoxy) is 1. The van der Waals surface area contributed by atoms with Gasteiger partial charge in [-0.1, -0.05) is 43.7 Å². The third kappa shape index (κ3) is 4.19. The molecule has 0 aliphatic carbocycles. The highest BCUT2D eigenvalue weighted by Gasteiger charge is 2.02. The number of hydrogen-bond donors (Lipinski definition) is 0. The van der Waals surface area contributed by atoms with Gasteiger partial charge in [0.2, 0.25) is 0 Å². The molecule has 4 nitrogen and oxygen atoms in total. The van der Waals surface area contributed by atoms with Crippen molar-refractivity contribution in [1.29, 1.82) is 0 Å². The van der Waals surface area contributed by atoms with E-state index in [4.69, 9.17) is 4.74 Å². The van der Waals surface area contributed by atoms with Crippen LogP contribution in [0.25, 0.3) is 11.1 Å². The van der Waals surface area contributed by atoms with Crippen molar-refractivity contribution in [3.63, 3.8) is 0 Å². The minimum Gasteiger partial charge on any atom is -0.494 e.